The summed E-state index contributed by atoms with van der Waals surface area (Å²) < 4.78 is 2.05. The Bertz CT molecular complexity index is 889. The predicted octanol–water partition coefficient (Wildman–Crippen LogP) is 3.63. The van der Waals surface area contributed by atoms with E-state index in [1.54, 1.807) is 0 Å². The minimum atomic E-state index is -0.0647. The Balaban J connectivity index is 1.55. The van der Waals surface area contributed by atoms with E-state index in [1.807, 2.05) is 51.9 Å². The van der Waals surface area contributed by atoms with Gasteiger partial charge in [-0.3, -0.25) is 9.20 Å². The molecule has 1 aliphatic heterocycles. The molecule has 1 amide bonds. The molecule has 2 unspecified atom stereocenters. The van der Waals surface area contributed by atoms with Gasteiger partial charge in [0, 0.05) is 25.2 Å². The summed E-state index contributed by atoms with van der Waals surface area (Å²) in [7, 11) is 0. The third kappa shape index (κ3) is 3.09. The van der Waals surface area contributed by atoms with Crippen molar-refractivity contribution in [2.24, 2.45) is 0 Å². The summed E-state index contributed by atoms with van der Waals surface area (Å²) in [5, 5.41) is 8.68. The van der Waals surface area contributed by atoms with Gasteiger partial charge in [-0.25, -0.2) is 0 Å². The molecular weight excluding hydrogens is 324 g/mol. The molecule has 1 saturated heterocycles. The van der Waals surface area contributed by atoms with Crippen molar-refractivity contribution >= 4 is 11.6 Å². The van der Waals surface area contributed by atoms with Crippen molar-refractivity contribution < 1.29 is 4.79 Å². The third-order valence-electron chi connectivity index (χ3n) is 5.35. The Kier molecular flexibility index (Phi) is 4.69. The fourth-order valence-corrected chi connectivity index (χ4v) is 3.98. The van der Waals surface area contributed by atoms with Crippen molar-refractivity contribution in [3.05, 3.63) is 66.1 Å². The molecule has 4 rings (SSSR count). The zero-order valence-corrected chi connectivity index (χ0v) is 15.1. The first kappa shape index (κ1) is 16.8. The molecule has 2 atom stereocenters. The van der Waals surface area contributed by atoms with Crippen LogP contribution in [0.25, 0.3) is 5.65 Å². The first-order chi connectivity index (χ1) is 12.8. The average molecular weight is 348 g/mol. The second-order valence-corrected chi connectivity index (χ2v) is 6.98. The molecule has 0 radical (unpaired) electrons. The number of hydrogen-bond acceptors (Lipinski definition) is 3. The predicted molar refractivity (Wildman–Crippen MR) is 101 cm³/mol. The first-order valence-electron chi connectivity index (χ1n) is 9.41. The van der Waals surface area contributed by atoms with Gasteiger partial charge in [0.15, 0.2) is 5.65 Å². The van der Waals surface area contributed by atoms with Crippen LogP contribution >= 0.6 is 0 Å². The smallest absolute Gasteiger partial charge is 0.230 e. The number of piperidine rings is 1. The van der Waals surface area contributed by atoms with Crippen molar-refractivity contribution in [1.29, 1.82) is 0 Å². The summed E-state index contributed by atoms with van der Waals surface area (Å²) in [5.41, 5.74) is 1.97. The van der Waals surface area contributed by atoms with Crippen molar-refractivity contribution in [1.82, 2.24) is 19.5 Å². The molecule has 5 nitrogen and oxygen atoms in total. The van der Waals surface area contributed by atoms with Crippen LogP contribution in [0.4, 0.5) is 0 Å². The van der Waals surface area contributed by atoms with Crippen LogP contribution < -0.4 is 0 Å². The molecule has 1 aliphatic rings. The number of aromatic nitrogens is 3. The van der Waals surface area contributed by atoms with Gasteiger partial charge in [0.1, 0.15) is 5.82 Å². The highest BCUT2D eigenvalue weighted by Crippen LogP contribution is 2.29. The number of nitrogens with zero attached hydrogens (tertiary/aromatic N) is 4. The molecule has 1 fully saturated rings. The van der Waals surface area contributed by atoms with Gasteiger partial charge in [0.2, 0.25) is 5.91 Å². The van der Waals surface area contributed by atoms with Crippen LogP contribution in [-0.4, -0.2) is 38.5 Å². The van der Waals surface area contributed by atoms with E-state index in [9.17, 15) is 4.79 Å². The number of pyridine rings is 1. The Morgan fingerprint density at radius 1 is 1.15 bits per heavy atom. The van der Waals surface area contributed by atoms with E-state index in [0.29, 0.717) is 0 Å². The summed E-state index contributed by atoms with van der Waals surface area (Å²) in [6, 6.07) is 16.0. The van der Waals surface area contributed by atoms with Crippen LogP contribution in [0.15, 0.2) is 54.7 Å². The van der Waals surface area contributed by atoms with E-state index < -0.39 is 0 Å². The van der Waals surface area contributed by atoms with Gasteiger partial charge in [-0.1, -0.05) is 43.3 Å². The molecule has 2 aromatic heterocycles. The Morgan fingerprint density at radius 3 is 2.77 bits per heavy atom. The molecule has 0 spiro atoms. The maximum atomic E-state index is 13.2. The molecule has 3 aromatic rings. The van der Waals surface area contributed by atoms with Gasteiger partial charge in [-0.15, -0.1) is 10.2 Å². The van der Waals surface area contributed by atoms with Gasteiger partial charge < -0.3 is 4.90 Å². The highest BCUT2D eigenvalue weighted by molar-refractivity contribution is 5.83. The number of fused-ring (bicyclic) bond motifs is 1. The van der Waals surface area contributed by atoms with Crippen molar-refractivity contribution in [3.8, 4) is 0 Å². The number of carbonyl (C=O) groups is 1. The molecule has 26 heavy (non-hydrogen) atoms. The normalized spacial score (nSPS) is 18.8. The summed E-state index contributed by atoms with van der Waals surface area (Å²) in [4.78, 5) is 15.2. The van der Waals surface area contributed by atoms with Crippen LogP contribution in [0.5, 0.6) is 0 Å². The Hall–Kier alpha value is -2.69. The van der Waals surface area contributed by atoms with Gasteiger partial charge in [-0.2, -0.15) is 0 Å². The van der Waals surface area contributed by atoms with Crippen LogP contribution in [-0.2, 0) is 4.79 Å². The number of carbonyl (C=O) groups excluding carboxylic acids is 1. The van der Waals surface area contributed by atoms with Gasteiger partial charge in [0.05, 0.1) is 5.92 Å². The number of rotatable bonds is 4. The summed E-state index contributed by atoms with van der Waals surface area (Å²) in [5.74, 6) is 1.37. The lowest BCUT2D eigenvalue weighted by atomic mass is 9.92. The van der Waals surface area contributed by atoms with Gasteiger partial charge in [-0.05, 0) is 37.0 Å². The summed E-state index contributed by atoms with van der Waals surface area (Å²) >= 11 is 0. The lowest BCUT2D eigenvalue weighted by molar-refractivity contribution is -0.134. The second-order valence-electron chi connectivity index (χ2n) is 6.98. The summed E-state index contributed by atoms with van der Waals surface area (Å²) in [6.07, 6.45) is 4.87. The van der Waals surface area contributed by atoms with E-state index in [1.165, 1.54) is 0 Å². The molecule has 3 heterocycles. The monoisotopic (exact) mass is 348 g/mol. The standard InChI is InChI=1S/C21H24N4O/c1-2-18(16-9-4-3-5-10-16)21(26)24-13-8-11-17(15-24)20-23-22-19-12-6-7-14-25(19)20/h3-7,9-10,12,14,17-18H,2,8,11,13,15H2,1H3. The third-order valence-corrected chi connectivity index (χ3v) is 5.35. The van der Waals surface area contributed by atoms with Gasteiger partial charge >= 0.3 is 0 Å². The molecule has 0 aliphatic carbocycles. The number of likely N-dealkylation sites (tertiary alicyclic amines) is 1. The van der Waals surface area contributed by atoms with Crippen LogP contribution in [0.1, 0.15) is 49.4 Å². The van der Waals surface area contributed by atoms with E-state index in [2.05, 4.69) is 29.3 Å². The molecule has 1 aromatic carbocycles. The highest BCUT2D eigenvalue weighted by atomic mass is 16.2. The maximum absolute atomic E-state index is 13.2. The fourth-order valence-electron chi connectivity index (χ4n) is 3.98. The number of benzene rings is 1. The zero-order chi connectivity index (χ0) is 17.9. The van der Waals surface area contributed by atoms with Crippen molar-refractivity contribution in [2.75, 3.05) is 13.1 Å². The SMILES string of the molecule is CCC(C(=O)N1CCCC(c2nnc3ccccn23)C1)c1ccccc1. The Labute approximate surface area is 153 Å². The summed E-state index contributed by atoms with van der Waals surface area (Å²) in [6.45, 7) is 3.64. The quantitative estimate of drug-likeness (QED) is 0.723. The molecule has 5 heteroatoms. The maximum Gasteiger partial charge on any atom is 0.230 e. The van der Waals surface area contributed by atoms with Gasteiger partial charge in [0.25, 0.3) is 0 Å². The van der Waals surface area contributed by atoms with Crippen molar-refractivity contribution in [2.45, 2.75) is 38.0 Å². The zero-order valence-electron chi connectivity index (χ0n) is 15.1. The number of hydrogen-bond donors (Lipinski definition) is 0. The first-order valence-corrected chi connectivity index (χ1v) is 9.41. The largest absolute Gasteiger partial charge is 0.341 e. The number of amides is 1. The van der Waals surface area contributed by atoms with Crippen molar-refractivity contribution in [3.63, 3.8) is 0 Å². The minimum Gasteiger partial charge on any atom is -0.341 e. The fraction of sp³-hybridized carbons (Fsp3) is 0.381. The molecule has 0 saturated carbocycles. The molecule has 134 valence electrons. The van der Waals surface area contributed by atoms with E-state index in [0.717, 1.165) is 49.4 Å². The highest BCUT2D eigenvalue weighted by Gasteiger charge is 2.31. The van der Waals surface area contributed by atoms with E-state index in [4.69, 9.17) is 0 Å². The lowest BCUT2D eigenvalue weighted by Crippen LogP contribution is -2.42. The minimum absolute atomic E-state index is 0.0647. The molecule has 0 N–H and O–H groups in total. The Morgan fingerprint density at radius 2 is 1.96 bits per heavy atom. The molecule has 0 bridgehead atoms. The molecular formula is C21H24N4O. The second kappa shape index (κ2) is 7.28. The topological polar surface area (TPSA) is 50.5 Å². The average Bonchev–Trinajstić information content (AvgIpc) is 3.13. The van der Waals surface area contributed by atoms with Crippen LogP contribution in [0.3, 0.4) is 0 Å². The van der Waals surface area contributed by atoms with E-state index in [-0.39, 0.29) is 17.7 Å². The van der Waals surface area contributed by atoms with Crippen LogP contribution in [0, 0.1) is 0 Å². The van der Waals surface area contributed by atoms with Crippen LogP contribution in [0.2, 0.25) is 0 Å². The van der Waals surface area contributed by atoms with E-state index >= 15 is 0 Å². The lowest BCUT2D eigenvalue weighted by Gasteiger charge is -2.34.